The molecule has 0 radical (unpaired) electrons. The van der Waals surface area contributed by atoms with Gasteiger partial charge in [-0.2, -0.15) is 5.26 Å². The largest absolute Gasteiger partial charge is 0.365 e. The van der Waals surface area contributed by atoms with Crippen molar-refractivity contribution in [2.24, 2.45) is 0 Å². The van der Waals surface area contributed by atoms with Gasteiger partial charge in [-0.1, -0.05) is 25.3 Å². The summed E-state index contributed by atoms with van der Waals surface area (Å²) in [6.07, 6.45) is 6.27. The van der Waals surface area contributed by atoms with E-state index in [0.29, 0.717) is 5.69 Å². The predicted octanol–water partition coefficient (Wildman–Crippen LogP) is 3.09. The van der Waals surface area contributed by atoms with Crippen LogP contribution < -0.4 is 5.32 Å². The Balaban J connectivity index is 2.10. The highest BCUT2D eigenvalue weighted by molar-refractivity contribution is 5.40. The number of aromatic nitrogens is 1. The van der Waals surface area contributed by atoms with Gasteiger partial charge in [0.1, 0.15) is 17.6 Å². The van der Waals surface area contributed by atoms with E-state index in [4.69, 9.17) is 5.26 Å². The number of nitriles is 1. The molecule has 1 N–H and O–H groups in total. The molecule has 0 unspecified atom stereocenters. The van der Waals surface area contributed by atoms with Crippen LogP contribution in [0.15, 0.2) is 18.2 Å². The fourth-order valence-electron chi connectivity index (χ4n) is 2.33. The van der Waals surface area contributed by atoms with Gasteiger partial charge >= 0.3 is 0 Å². The molecule has 0 amide bonds. The van der Waals surface area contributed by atoms with Crippen LogP contribution in [0.2, 0.25) is 0 Å². The Kier molecular flexibility index (Phi) is 3.09. The van der Waals surface area contributed by atoms with E-state index in [-0.39, 0.29) is 5.54 Å². The fraction of sp³-hybridized carbons (Fsp3) is 0.538. The smallest absolute Gasteiger partial charge is 0.142 e. The molecular weight excluding hydrogens is 198 g/mol. The van der Waals surface area contributed by atoms with Gasteiger partial charge in [-0.15, -0.1) is 0 Å². The average molecular weight is 215 g/mol. The Hall–Kier alpha value is -1.56. The molecule has 1 fully saturated rings. The summed E-state index contributed by atoms with van der Waals surface area (Å²) in [6.45, 7) is 2.24. The minimum atomic E-state index is 0.152. The van der Waals surface area contributed by atoms with Crippen molar-refractivity contribution in [3.05, 3.63) is 23.9 Å². The highest BCUT2D eigenvalue weighted by atomic mass is 15.1. The van der Waals surface area contributed by atoms with Gasteiger partial charge < -0.3 is 5.32 Å². The number of hydrogen-bond donors (Lipinski definition) is 1. The van der Waals surface area contributed by atoms with Crippen LogP contribution in [-0.2, 0) is 0 Å². The van der Waals surface area contributed by atoms with Gasteiger partial charge in [0.05, 0.1) is 0 Å². The summed E-state index contributed by atoms with van der Waals surface area (Å²) in [4.78, 5) is 4.26. The molecule has 1 aliphatic rings. The lowest BCUT2D eigenvalue weighted by Gasteiger charge is -2.35. The molecule has 0 saturated heterocycles. The van der Waals surface area contributed by atoms with Crippen molar-refractivity contribution in [1.29, 1.82) is 5.26 Å². The van der Waals surface area contributed by atoms with E-state index in [9.17, 15) is 0 Å². The van der Waals surface area contributed by atoms with E-state index in [1.807, 2.05) is 12.1 Å². The molecule has 2 rings (SSSR count). The second-order valence-corrected chi connectivity index (χ2v) is 4.77. The van der Waals surface area contributed by atoms with E-state index in [1.54, 1.807) is 6.07 Å². The zero-order chi connectivity index (χ0) is 11.4. The summed E-state index contributed by atoms with van der Waals surface area (Å²) in [5, 5.41) is 12.3. The maximum Gasteiger partial charge on any atom is 0.142 e. The molecule has 1 heterocycles. The van der Waals surface area contributed by atoms with Gasteiger partial charge in [-0.05, 0) is 31.9 Å². The maximum absolute atomic E-state index is 8.79. The molecule has 0 aliphatic heterocycles. The van der Waals surface area contributed by atoms with Crippen LogP contribution in [0.3, 0.4) is 0 Å². The Morgan fingerprint density at radius 3 is 2.75 bits per heavy atom. The average Bonchev–Trinajstić information content (AvgIpc) is 2.29. The fourth-order valence-corrected chi connectivity index (χ4v) is 2.33. The third-order valence-corrected chi connectivity index (χ3v) is 3.25. The van der Waals surface area contributed by atoms with Gasteiger partial charge in [0.2, 0.25) is 0 Å². The minimum absolute atomic E-state index is 0.152. The molecule has 0 bridgehead atoms. The van der Waals surface area contributed by atoms with Crippen LogP contribution in [0.4, 0.5) is 5.82 Å². The van der Waals surface area contributed by atoms with E-state index < -0.39 is 0 Å². The summed E-state index contributed by atoms with van der Waals surface area (Å²) in [7, 11) is 0. The lowest BCUT2D eigenvalue weighted by atomic mass is 9.83. The van der Waals surface area contributed by atoms with Crippen LogP contribution in [0.5, 0.6) is 0 Å². The molecule has 3 heteroatoms. The molecule has 1 aromatic rings. The quantitative estimate of drug-likeness (QED) is 0.824. The number of rotatable bonds is 2. The Bertz CT molecular complexity index is 400. The first-order chi connectivity index (χ1) is 7.72. The van der Waals surface area contributed by atoms with Crippen molar-refractivity contribution in [3.63, 3.8) is 0 Å². The molecule has 3 nitrogen and oxygen atoms in total. The summed E-state index contributed by atoms with van der Waals surface area (Å²) in [6, 6.07) is 7.60. The van der Waals surface area contributed by atoms with Gasteiger partial charge in [-0.25, -0.2) is 4.98 Å². The molecule has 0 spiro atoms. The lowest BCUT2D eigenvalue weighted by Crippen LogP contribution is -2.37. The van der Waals surface area contributed by atoms with Crippen molar-refractivity contribution in [2.45, 2.75) is 44.6 Å². The first-order valence-corrected chi connectivity index (χ1v) is 5.87. The normalized spacial score (nSPS) is 18.8. The summed E-state index contributed by atoms with van der Waals surface area (Å²) in [5.74, 6) is 0.823. The van der Waals surface area contributed by atoms with Crippen molar-refractivity contribution in [2.75, 3.05) is 5.32 Å². The maximum atomic E-state index is 8.79. The highest BCUT2D eigenvalue weighted by Gasteiger charge is 2.26. The monoisotopic (exact) mass is 215 g/mol. The zero-order valence-corrected chi connectivity index (χ0v) is 9.66. The van der Waals surface area contributed by atoms with Crippen molar-refractivity contribution in [3.8, 4) is 6.07 Å². The molecule has 16 heavy (non-hydrogen) atoms. The predicted molar refractivity (Wildman–Crippen MR) is 64.1 cm³/mol. The Morgan fingerprint density at radius 2 is 2.06 bits per heavy atom. The molecule has 1 aromatic heterocycles. The van der Waals surface area contributed by atoms with Gasteiger partial charge in [0.25, 0.3) is 0 Å². The van der Waals surface area contributed by atoms with Gasteiger partial charge in [0.15, 0.2) is 0 Å². The molecule has 0 aromatic carbocycles. The van der Waals surface area contributed by atoms with Crippen molar-refractivity contribution >= 4 is 5.82 Å². The van der Waals surface area contributed by atoms with E-state index in [0.717, 1.165) is 5.82 Å². The second kappa shape index (κ2) is 4.52. The van der Waals surface area contributed by atoms with Crippen LogP contribution in [0.1, 0.15) is 44.7 Å². The summed E-state index contributed by atoms with van der Waals surface area (Å²) >= 11 is 0. The zero-order valence-electron chi connectivity index (χ0n) is 9.66. The lowest BCUT2D eigenvalue weighted by molar-refractivity contribution is 0.348. The number of nitrogens with one attached hydrogen (secondary N) is 1. The first kappa shape index (κ1) is 10.9. The third-order valence-electron chi connectivity index (χ3n) is 3.25. The van der Waals surface area contributed by atoms with E-state index in [2.05, 4.69) is 23.3 Å². The standard InChI is InChI=1S/C13H17N3/c1-13(8-3-2-4-9-13)16-12-7-5-6-11(10-14)15-12/h5-7H,2-4,8-9H2,1H3,(H,15,16). The van der Waals surface area contributed by atoms with E-state index >= 15 is 0 Å². The third kappa shape index (κ3) is 2.52. The van der Waals surface area contributed by atoms with Crippen molar-refractivity contribution < 1.29 is 0 Å². The van der Waals surface area contributed by atoms with Gasteiger partial charge in [0, 0.05) is 5.54 Å². The first-order valence-electron chi connectivity index (χ1n) is 5.87. The minimum Gasteiger partial charge on any atom is -0.365 e. The molecule has 0 atom stereocenters. The van der Waals surface area contributed by atoms with Crippen molar-refractivity contribution in [1.82, 2.24) is 4.98 Å². The molecular formula is C13H17N3. The van der Waals surface area contributed by atoms with E-state index in [1.165, 1.54) is 32.1 Å². The second-order valence-electron chi connectivity index (χ2n) is 4.77. The number of anilines is 1. The Labute approximate surface area is 96.5 Å². The van der Waals surface area contributed by atoms with Crippen LogP contribution in [0, 0.1) is 11.3 Å². The number of pyridine rings is 1. The molecule has 1 aliphatic carbocycles. The highest BCUT2D eigenvalue weighted by Crippen LogP contribution is 2.30. The SMILES string of the molecule is CC1(Nc2cccc(C#N)n2)CCCCC1. The summed E-state index contributed by atoms with van der Waals surface area (Å²) in [5.41, 5.74) is 0.628. The Morgan fingerprint density at radius 1 is 1.31 bits per heavy atom. The summed E-state index contributed by atoms with van der Waals surface area (Å²) < 4.78 is 0. The van der Waals surface area contributed by atoms with Crippen LogP contribution in [-0.4, -0.2) is 10.5 Å². The van der Waals surface area contributed by atoms with Crippen LogP contribution in [0.25, 0.3) is 0 Å². The number of hydrogen-bond acceptors (Lipinski definition) is 3. The van der Waals surface area contributed by atoms with Gasteiger partial charge in [-0.3, -0.25) is 0 Å². The number of nitrogens with zero attached hydrogens (tertiary/aromatic N) is 2. The molecule has 84 valence electrons. The van der Waals surface area contributed by atoms with Crippen LogP contribution >= 0.6 is 0 Å². The molecule has 1 saturated carbocycles. The topological polar surface area (TPSA) is 48.7 Å².